The summed E-state index contributed by atoms with van der Waals surface area (Å²) in [7, 11) is 0. The lowest BCUT2D eigenvalue weighted by Gasteiger charge is -2.36. The molecule has 2 saturated heterocycles. The predicted molar refractivity (Wildman–Crippen MR) is 222 cm³/mol. The predicted octanol–water partition coefficient (Wildman–Crippen LogP) is 6.00. The highest BCUT2D eigenvalue weighted by Crippen LogP contribution is 2.38. The number of carboxylic acids is 1. The van der Waals surface area contributed by atoms with E-state index in [1.165, 1.54) is 18.0 Å². The summed E-state index contributed by atoms with van der Waals surface area (Å²) >= 11 is 6.02. The van der Waals surface area contributed by atoms with Crippen LogP contribution >= 0.6 is 12.2 Å². The van der Waals surface area contributed by atoms with Gasteiger partial charge in [0.05, 0.1) is 36.3 Å². The zero-order chi connectivity index (χ0) is 39.0. The van der Waals surface area contributed by atoms with Gasteiger partial charge < -0.3 is 29.7 Å². The number of halogens is 1. The van der Waals surface area contributed by atoms with Crippen molar-refractivity contribution in [2.75, 3.05) is 72.4 Å². The summed E-state index contributed by atoms with van der Waals surface area (Å²) in [6, 6.07) is 27.6. The minimum atomic E-state index is -1.30. The summed E-state index contributed by atoms with van der Waals surface area (Å²) in [5.74, 6) is -0.121. The largest absolute Gasteiger partial charge is 0.477 e. The van der Waals surface area contributed by atoms with Crippen LogP contribution in [0.1, 0.15) is 35.1 Å². The van der Waals surface area contributed by atoms with Crippen molar-refractivity contribution in [2.24, 2.45) is 0 Å². The van der Waals surface area contributed by atoms with E-state index in [1.807, 2.05) is 61.3 Å². The topological polar surface area (TPSA) is 120 Å². The van der Waals surface area contributed by atoms with Crippen LogP contribution in [0.15, 0.2) is 102 Å². The van der Waals surface area contributed by atoms with Crippen LogP contribution in [0.5, 0.6) is 0 Å². The van der Waals surface area contributed by atoms with Gasteiger partial charge in [-0.3, -0.25) is 14.3 Å². The van der Waals surface area contributed by atoms with E-state index in [4.69, 9.17) is 22.3 Å². The molecule has 3 fully saturated rings. The summed E-state index contributed by atoms with van der Waals surface area (Å²) in [5.41, 5.74) is 3.03. The molecule has 5 heterocycles. The van der Waals surface area contributed by atoms with Crippen LogP contribution in [0.4, 0.5) is 27.3 Å². The minimum absolute atomic E-state index is 0.0945. The van der Waals surface area contributed by atoms with Crippen molar-refractivity contribution in [3.63, 3.8) is 0 Å². The normalized spacial score (nSPS) is 16.3. The third-order valence-corrected chi connectivity index (χ3v) is 11.6. The number of benzene rings is 3. The Morgan fingerprint density at radius 2 is 1.51 bits per heavy atom. The molecule has 0 radical (unpaired) electrons. The van der Waals surface area contributed by atoms with Crippen molar-refractivity contribution >= 4 is 52.0 Å². The molecule has 0 unspecified atom stereocenters. The molecule has 0 spiro atoms. The number of para-hydroxylation sites is 2. The molecular weight excluding hydrogens is 744 g/mol. The molecule has 3 aliphatic rings. The number of anilines is 4. The number of fused-ring (bicyclic) bond motifs is 1. The summed E-state index contributed by atoms with van der Waals surface area (Å²) in [6.07, 6.45) is 5.06. The number of rotatable bonds is 11. The molecule has 3 aromatic carbocycles. The van der Waals surface area contributed by atoms with Crippen molar-refractivity contribution in [2.45, 2.75) is 32.1 Å². The summed E-state index contributed by atoms with van der Waals surface area (Å²) in [6.45, 7) is 6.96. The fraction of sp³-hybridized carbons (Fsp3) is 0.310. The van der Waals surface area contributed by atoms with Gasteiger partial charge in [-0.15, -0.1) is 0 Å². The number of aromatic nitrogens is 5. The number of nitrogens with zero attached hydrogens (tertiary/aromatic N) is 9. The third kappa shape index (κ3) is 7.47. The highest BCUT2D eigenvalue weighted by atomic mass is 32.1. The number of piperazine rings is 2. The maximum absolute atomic E-state index is 15.6. The van der Waals surface area contributed by atoms with Gasteiger partial charge in [0.15, 0.2) is 5.82 Å². The zero-order valence-electron chi connectivity index (χ0n) is 31.4. The van der Waals surface area contributed by atoms with E-state index >= 15 is 4.39 Å². The first-order valence-electron chi connectivity index (χ1n) is 19.4. The lowest BCUT2D eigenvalue weighted by Crippen LogP contribution is -2.47. The molecule has 9 rings (SSSR count). The van der Waals surface area contributed by atoms with Crippen molar-refractivity contribution in [1.29, 1.82) is 0 Å². The quantitative estimate of drug-likeness (QED) is 0.151. The first-order valence-corrected chi connectivity index (χ1v) is 19.8. The maximum atomic E-state index is 15.6. The van der Waals surface area contributed by atoms with E-state index in [-0.39, 0.29) is 17.0 Å². The van der Waals surface area contributed by atoms with Gasteiger partial charge in [-0.2, -0.15) is 5.10 Å². The number of pyridine rings is 2. The molecule has 6 aromatic rings. The van der Waals surface area contributed by atoms with Crippen LogP contribution in [-0.4, -0.2) is 92.2 Å². The monoisotopic (exact) mass is 786 g/mol. The van der Waals surface area contributed by atoms with Crippen LogP contribution < -0.4 is 25.4 Å². The molecule has 1 aliphatic carbocycles. The van der Waals surface area contributed by atoms with E-state index in [0.717, 1.165) is 62.0 Å². The number of nitrogens with one attached hydrogen (secondary N) is 1. The van der Waals surface area contributed by atoms with Crippen LogP contribution in [0.3, 0.4) is 0 Å². The van der Waals surface area contributed by atoms with Gasteiger partial charge in [0.25, 0.3) is 0 Å². The molecule has 57 heavy (non-hydrogen) atoms. The Morgan fingerprint density at radius 1 is 0.842 bits per heavy atom. The fourth-order valence-corrected chi connectivity index (χ4v) is 8.22. The molecule has 292 valence electrons. The highest BCUT2D eigenvalue weighted by molar-refractivity contribution is 7.71. The van der Waals surface area contributed by atoms with Gasteiger partial charge in [-0.25, -0.2) is 18.9 Å². The lowest BCUT2D eigenvalue weighted by atomic mass is 10.1. The van der Waals surface area contributed by atoms with Gasteiger partial charge >= 0.3 is 5.97 Å². The number of carbonyl (C=O) groups is 1. The lowest BCUT2D eigenvalue weighted by molar-refractivity contribution is 0.0694. The zero-order valence-corrected chi connectivity index (χ0v) is 32.2. The van der Waals surface area contributed by atoms with E-state index in [0.29, 0.717) is 55.4 Å². The van der Waals surface area contributed by atoms with Crippen molar-refractivity contribution in [3.05, 3.63) is 130 Å². The smallest absolute Gasteiger partial charge is 0.341 e. The Balaban J connectivity index is 0.872. The van der Waals surface area contributed by atoms with Gasteiger partial charge in [-0.1, -0.05) is 36.4 Å². The summed E-state index contributed by atoms with van der Waals surface area (Å²) in [4.78, 5) is 38.5. The van der Waals surface area contributed by atoms with E-state index in [9.17, 15) is 14.7 Å². The minimum Gasteiger partial charge on any atom is -0.477 e. The second-order valence-corrected chi connectivity index (χ2v) is 15.2. The molecular formula is C42H43FN10O3S. The Kier molecular flexibility index (Phi) is 9.92. The molecule has 15 heteroatoms. The molecule has 0 amide bonds. The molecule has 0 atom stereocenters. The molecule has 3 aromatic heterocycles. The Hall–Kier alpha value is -6.06. The second-order valence-electron chi connectivity index (χ2n) is 14.8. The Bertz CT molecular complexity index is 2520. The maximum Gasteiger partial charge on any atom is 0.341 e. The van der Waals surface area contributed by atoms with Gasteiger partial charge in [-0.05, 0) is 73.6 Å². The van der Waals surface area contributed by atoms with E-state index < -0.39 is 17.2 Å². The third-order valence-electron chi connectivity index (χ3n) is 11.2. The average molecular weight is 787 g/mol. The highest BCUT2D eigenvalue weighted by Gasteiger charge is 2.29. The Labute approximate surface area is 333 Å². The van der Waals surface area contributed by atoms with Crippen LogP contribution in [-0.2, 0) is 13.2 Å². The van der Waals surface area contributed by atoms with Crippen molar-refractivity contribution < 1.29 is 14.3 Å². The van der Waals surface area contributed by atoms with E-state index in [1.54, 1.807) is 6.07 Å². The molecule has 13 nitrogen and oxygen atoms in total. The number of aromatic carboxylic acids is 1. The summed E-state index contributed by atoms with van der Waals surface area (Å²) < 4.78 is 21.9. The fourth-order valence-electron chi connectivity index (χ4n) is 7.91. The van der Waals surface area contributed by atoms with Crippen LogP contribution in [0.25, 0.3) is 16.6 Å². The summed E-state index contributed by atoms with van der Waals surface area (Å²) in [5, 5.41) is 18.2. The standard InChI is InChI=1S/C42H43FN10O3S/c43-35-23-33-36(51(31-12-13-31)27-34(40(33)54)41(55)56)24-37(35)49-17-15-47(16-18-49)28-52-42(57)53(32-9-5-2-6-10-32)39(46-52)26-44-29-11-14-38(45-25-29)50-21-19-48(20-22-50)30-7-3-1-4-8-30/h1-11,14,23-25,27,31,44H,12-13,15-22,26,28H2,(H,55,56). The first-order chi connectivity index (χ1) is 27.8. The first kappa shape index (κ1) is 36.6. The molecule has 2 N–H and O–H groups in total. The molecule has 2 aliphatic heterocycles. The van der Waals surface area contributed by atoms with Gasteiger partial charge in [0.1, 0.15) is 17.2 Å². The van der Waals surface area contributed by atoms with E-state index in [2.05, 4.69) is 56.4 Å². The number of hydrogen-bond acceptors (Lipinski definition) is 10. The van der Waals surface area contributed by atoms with Gasteiger partial charge in [0.2, 0.25) is 10.2 Å². The second kappa shape index (κ2) is 15.5. The molecule has 0 bridgehead atoms. The van der Waals surface area contributed by atoms with Gasteiger partial charge in [0, 0.05) is 81.4 Å². The van der Waals surface area contributed by atoms with Crippen LogP contribution in [0.2, 0.25) is 0 Å². The Morgan fingerprint density at radius 3 is 2.16 bits per heavy atom. The van der Waals surface area contributed by atoms with Crippen LogP contribution in [0, 0.1) is 10.6 Å². The van der Waals surface area contributed by atoms with Crippen molar-refractivity contribution in [1.82, 2.24) is 28.8 Å². The molecule has 1 saturated carbocycles. The number of hydrogen-bond donors (Lipinski definition) is 2. The average Bonchev–Trinajstić information content (AvgIpc) is 4.05. The van der Waals surface area contributed by atoms with Crippen molar-refractivity contribution in [3.8, 4) is 5.69 Å². The number of carboxylic acid groups (broad SMARTS) is 1. The SMILES string of the molecule is O=C(O)c1cn(C2CC2)c2cc(N3CCN(Cn4nc(CNc5ccc(N6CCN(c7ccccc7)CC6)nc5)n(-c5ccccc5)c4=S)CC3)c(F)cc2c1=O.